The highest BCUT2D eigenvalue weighted by Gasteiger charge is 2.38. The third-order valence-corrected chi connectivity index (χ3v) is 7.08. The summed E-state index contributed by atoms with van der Waals surface area (Å²) in [5.74, 6) is 0.802. The SMILES string of the molecule is C#Cc1ccccc1C(C(=O)NC(Cc1ccccc1)C(=O)OC(C)(C)C)N(CCCCC)C(=O)C(CS)NC(=O)OC(C)(C)C. The Bertz CT molecular complexity index is 1360. The Balaban J connectivity index is 2.63. The number of esters is 1. The quantitative estimate of drug-likeness (QED) is 0.106. The van der Waals surface area contributed by atoms with Gasteiger partial charge in [-0.25, -0.2) is 9.59 Å². The summed E-state index contributed by atoms with van der Waals surface area (Å²) < 4.78 is 11.1. The Kier molecular flexibility index (Phi) is 14.7. The molecule has 2 aromatic rings. The molecule has 2 aromatic carbocycles. The summed E-state index contributed by atoms with van der Waals surface area (Å²) in [6.45, 7) is 12.6. The number of carbonyl (C=O) groups is 4. The van der Waals surface area contributed by atoms with Gasteiger partial charge in [0.15, 0.2) is 0 Å². The number of nitrogens with one attached hydrogen (secondary N) is 2. The van der Waals surface area contributed by atoms with E-state index < -0.39 is 53.2 Å². The predicted octanol–water partition coefficient (Wildman–Crippen LogP) is 5.62. The maximum atomic E-state index is 14.5. The van der Waals surface area contributed by atoms with E-state index >= 15 is 0 Å². The lowest BCUT2D eigenvalue weighted by Crippen LogP contribution is -2.55. The second-order valence-electron chi connectivity index (χ2n) is 13.0. The fourth-order valence-electron chi connectivity index (χ4n) is 4.72. The Labute approximate surface area is 279 Å². The molecule has 9 nitrogen and oxygen atoms in total. The van der Waals surface area contributed by atoms with Crippen LogP contribution in [0.4, 0.5) is 4.79 Å². The first-order valence-corrected chi connectivity index (χ1v) is 16.3. The molecular formula is C36H49N3O6S. The molecule has 3 atom stereocenters. The van der Waals surface area contributed by atoms with Gasteiger partial charge in [-0.1, -0.05) is 74.2 Å². The molecule has 3 unspecified atom stereocenters. The number of hydrogen-bond donors (Lipinski definition) is 3. The van der Waals surface area contributed by atoms with Crippen molar-refractivity contribution in [2.24, 2.45) is 0 Å². The molecule has 0 aliphatic heterocycles. The average Bonchev–Trinajstić information content (AvgIpc) is 2.97. The summed E-state index contributed by atoms with van der Waals surface area (Å²) in [5, 5.41) is 5.50. The molecule has 0 heterocycles. The summed E-state index contributed by atoms with van der Waals surface area (Å²) in [5.41, 5.74) is 0.0347. The van der Waals surface area contributed by atoms with Gasteiger partial charge < -0.3 is 25.0 Å². The van der Waals surface area contributed by atoms with Crippen molar-refractivity contribution in [1.29, 1.82) is 0 Å². The molecule has 0 spiro atoms. The molecule has 3 amide bonds. The zero-order valence-electron chi connectivity index (χ0n) is 28.1. The van der Waals surface area contributed by atoms with E-state index in [1.54, 1.807) is 65.8 Å². The maximum absolute atomic E-state index is 14.5. The van der Waals surface area contributed by atoms with Crippen LogP contribution in [0.25, 0.3) is 0 Å². The van der Waals surface area contributed by atoms with Crippen LogP contribution in [-0.4, -0.2) is 64.4 Å². The Morgan fingerprint density at radius 2 is 1.48 bits per heavy atom. The van der Waals surface area contributed by atoms with Crippen LogP contribution in [-0.2, 0) is 30.3 Å². The molecule has 46 heavy (non-hydrogen) atoms. The number of carbonyl (C=O) groups excluding carboxylic acids is 4. The lowest BCUT2D eigenvalue weighted by molar-refractivity contribution is -0.159. The number of nitrogens with zero attached hydrogens (tertiary/aromatic N) is 1. The minimum absolute atomic E-state index is 0.0536. The molecule has 0 saturated carbocycles. The van der Waals surface area contributed by atoms with Gasteiger partial charge in [-0.3, -0.25) is 9.59 Å². The second kappa shape index (κ2) is 17.7. The molecule has 0 radical (unpaired) electrons. The number of rotatable bonds is 14. The van der Waals surface area contributed by atoms with Gasteiger partial charge in [0.05, 0.1) is 0 Å². The Morgan fingerprint density at radius 3 is 2.04 bits per heavy atom. The summed E-state index contributed by atoms with van der Waals surface area (Å²) in [6, 6.07) is 12.7. The molecule has 0 aliphatic carbocycles. The van der Waals surface area contributed by atoms with E-state index in [0.717, 1.165) is 18.4 Å². The van der Waals surface area contributed by atoms with Crippen LogP contribution >= 0.6 is 12.6 Å². The van der Waals surface area contributed by atoms with Crippen LogP contribution < -0.4 is 10.6 Å². The lowest BCUT2D eigenvalue weighted by atomic mass is 9.96. The molecule has 250 valence electrons. The van der Waals surface area contributed by atoms with Gasteiger partial charge in [0.1, 0.15) is 29.3 Å². The van der Waals surface area contributed by atoms with Crippen molar-refractivity contribution < 1.29 is 28.7 Å². The van der Waals surface area contributed by atoms with Gasteiger partial charge in [0.25, 0.3) is 0 Å². The van der Waals surface area contributed by atoms with E-state index in [9.17, 15) is 19.2 Å². The molecule has 0 aliphatic rings. The van der Waals surface area contributed by atoms with Crippen LogP contribution in [0, 0.1) is 12.3 Å². The third-order valence-electron chi connectivity index (χ3n) is 6.72. The van der Waals surface area contributed by atoms with E-state index in [4.69, 9.17) is 15.9 Å². The first-order valence-electron chi connectivity index (χ1n) is 15.6. The van der Waals surface area contributed by atoms with E-state index in [1.807, 2.05) is 37.3 Å². The summed E-state index contributed by atoms with van der Waals surface area (Å²) in [6.07, 6.45) is 7.48. The van der Waals surface area contributed by atoms with Gasteiger partial charge in [-0.2, -0.15) is 12.6 Å². The first-order chi connectivity index (χ1) is 21.6. The summed E-state index contributed by atoms with van der Waals surface area (Å²) in [4.78, 5) is 56.3. The normalized spacial score (nSPS) is 13.4. The van der Waals surface area contributed by atoms with E-state index in [2.05, 4.69) is 29.2 Å². The smallest absolute Gasteiger partial charge is 0.408 e. The molecule has 2 rings (SSSR count). The molecule has 10 heteroatoms. The fourth-order valence-corrected chi connectivity index (χ4v) is 4.97. The zero-order valence-corrected chi connectivity index (χ0v) is 29.0. The van der Waals surface area contributed by atoms with E-state index in [0.29, 0.717) is 17.5 Å². The van der Waals surface area contributed by atoms with Gasteiger partial charge >= 0.3 is 12.1 Å². The van der Waals surface area contributed by atoms with Gasteiger partial charge in [0.2, 0.25) is 11.8 Å². The van der Waals surface area contributed by atoms with Crippen LogP contribution in [0.2, 0.25) is 0 Å². The number of unbranched alkanes of at least 4 members (excludes halogenated alkanes) is 2. The molecule has 2 N–H and O–H groups in total. The molecular weight excluding hydrogens is 602 g/mol. The maximum Gasteiger partial charge on any atom is 0.408 e. The number of benzene rings is 2. The molecule has 0 saturated heterocycles. The van der Waals surface area contributed by atoms with Crippen molar-refractivity contribution in [2.75, 3.05) is 12.3 Å². The summed E-state index contributed by atoms with van der Waals surface area (Å²) >= 11 is 4.36. The number of hydrogen-bond acceptors (Lipinski definition) is 7. The minimum Gasteiger partial charge on any atom is -0.458 e. The molecule has 0 aromatic heterocycles. The number of amides is 3. The number of ether oxygens (including phenoxy) is 2. The van der Waals surface area contributed by atoms with Gasteiger partial charge in [0, 0.05) is 24.3 Å². The molecule has 0 bridgehead atoms. The predicted molar refractivity (Wildman–Crippen MR) is 183 cm³/mol. The van der Waals surface area contributed by atoms with Crippen LogP contribution in [0.5, 0.6) is 0 Å². The fraction of sp³-hybridized carbons (Fsp3) is 0.500. The van der Waals surface area contributed by atoms with Crippen LogP contribution in [0.3, 0.4) is 0 Å². The highest BCUT2D eigenvalue weighted by Crippen LogP contribution is 2.27. The summed E-state index contributed by atoms with van der Waals surface area (Å²) in [7, 11) is 0. The zero-order chi connectivity index (χ0) is 34.5. The lowest BCUT2D eigenvalue weighted by Gasteiger charge is -2.35. The van der Waals surface area contributed by atoms with E-state index in [-0.39, 0.29) is 18.7 Å². The average molecular weight is 652 g/mol. The number of thiol groups is 1. The van der Waals surface area contributed by atoms with Crippen molar-refractivity contribution in [3.63, 3.8) is 0 Å². The van der Waals surface area contributed by atoms with E-state index in [1.165, 1.54) is 4.90 Å². The Hall–Kier alpha value is -3.97. The highest BCUT2D eigenvalue weighted by atomic mass is 32.1. The standard InChI is InChI=1S/C36H49N3O6S/c1-9-11-17-22-39(32(41)29(24-46)38-34(43)45-36(6,7)8)30(27-21-16-15-20-26(27)10-2)31(40)37-28(33(42)44-35(3,4)5)23-25-18-13-12-14-19-25/h2,12-16,18-21,28-30,46H,9,11,17,22-24H2,1,3-8H3,(H,37,40)(H,38,43). The first kappa shape index (κ1) is 38.2. The minimum atomic E-state index is -1.24. The number of alkyl carbamates (subject to hydrolysis) is 1. The van der Waals surface area contributed by atoms with Crippen molar-refractivity contribution in [3.8, 4) is 12.3 Å². The Morgan fingerprint density at radius 1 is 0.870 bits per heavy atom. The third kappa shape index (κ3) is 12.4. The van der Waals surface area contributed by atoms with Crippen molar-refractivity contribution in [2.45, 2.75) is 103 Å². The van der Waals surface area contributed by atoms with Crippen molar-refractivity contribution in [3.05, 3.63) is 71.3 Å². The largest absolute Gasteiger partial charge is 0.458 e. The van der Waals surface area contributed by atoms with Gasteiger partial charge in [-0.05, 0) is 65.2 Å². The highest BCUT2D eigenvalue weighted by molar-refractivity contribution is 7.80. The van der Waals surface area contributed by atoms with Crippen molar-refractivity contribution >= 4 is 36.5 Å². The van der Waals surface area contributed by atoms with Crippen LogP contribution in [0.1, 0.15) is 90.5 Å². The van der Waals surface area contributed by atoms with Crippen molar-refractivity contribution in [1.82, 2.24) is 15.5 Å². The topological polar surface area (TPSA) is 114 Å². The van der Waals surface area contributed by atoms with Gasteiger partial charge in [-0.15, -0.1) is 6.42 Å². The second-order valence-corrected chi connectivity index (χ2v) is 13.4. The monoisotopic (exact) mass is 651 g/mol. The number of terminal acetylenes is 1. The molecule has 0 fully saturated rings. The van der Waals surface area contributed by atoms with Crippen LogP contribution in [0.15, 0.2) is 54.6 Å².